The number of nitrogens with two attached hydrogens (primary N) is 1. The number of carbonyl (C=O) groups is 4. The first-order valence-corrected chi connectivity index (χ1v) is 14.8. The summed E-state index contributed by atoms with van der Waals surface area (Å²) in [5.41, 5.74) is 7.85. The molecule has 9 N–H and O–H groups in total. The number of fused-ring (bicyclic) bond motifs is 1. The Morgan fingerprint density at radius 3 is 2.29 bits per heavy atom. The zero-order valence-electron chi connectivity index (χ0n) is 24.8. The van der Waals surface area contributed by atoms with Gasteiger partial charge in [-0.1, -0.05) is 24.3 Å². The van der Waals surface area contributed by atoms with Gasteiger partial charge in [0.1, 0.15) is 11.6 Å². The fourth-order valence-electron chi connectivity index (χ4n) is 4.59. The molecule has 0 bridgehead atoms. The van der Waals surface area contributed by atoms with E-state index in [2.05, 4.69) is 20.7 Å². The van der Waals surface area contributed by atoms with Gasteiger partial charge in [-0.2, -0.15) is 5.10 Å². The lowest BCUT2D eigenvalue weighted by Crippen LogP contribution is -2.42. The number of amides is 2. The predicted octanol–water partition coefficient (Wildman–Crippen LogP) is 3.94. The Morgan fingerprint density at radius 2 is 1.65 bits per heavy atom. The fraction of sp³-hybridized carbons (Fsp3) is 0.161. The van der Waals surface area contributed by atoms with Crippen molar-refractivity contribution in [1.29, 1.82) is 0 Å². The average molecular weight is 681 g/mol. The Morgan fingerprint density at radius 1 is 0.938 bits per heavy atom. The van der Waals surface area contributed by atoms with E-state index in [1.165, 1.54) is 29.5 Å². The summed E-state index contributed by atoms with van der Waals surface area (Å²) in [5, 5.41) is 55.5. The highest BCUT2D eigenvalue weighted by Gasteiger charge is 2.40. The number of rotatable bonds is 11. The van der Waals surface area contributed by atoms with Crippen molar-refractivity contribution >= 4 is 62.6 Å². The second-order valence-corrected chi connectivity index (χ2v) is 11.1. The van der Waals surface area contributed by atoms with E-state index in [1.807, 2.05) is 29.8 Å². The number of para-hydroxylation sites is 1. The molecule has 0 atom stereocenters. The average Bonchev–Trinajstić information content (AvgIpc) is 3.66. The minimum Gasteiger partial charge on any atom is -0.481 e. The van der Waals surface area contributed by atoms with E-state index in [0.29, 0.717) is 23.7 Å². The molecule has 0 saturated carbocycles. The first-order chi connectivity index (χ1) is 22.8. The summed E-state index contributed by atoms with van der Waals surface area (Å²) in [6, 6.07) is 12.6. The van der Waals surface area contributed by atoms with Crippen LogP contribution in [0, 0.1) is 5.82 Å². The van der Waals surface area contributed by atoms with Gasteiger partial charge in [0.25, 0.3) is 0 Å². The van der Waals surface area contributed by atoms with Gasteiger partial charge in [-0.05, 0) is 24.3 Å². The van der Waals surface area contributed by atoms with Crippen LogP contribution in [-0.4, -0.2) is 76.4 Å². The predicted molar refractivity (Wildman–Crippen MR) is 174 cm³/mol. The first-order valence-electron chi connectivity index (χ1n) is 13.9. The summed E-state index contributed by atoms with van der Waals surface area (Å²) in [7, 11) is 0. The Hall–Kier alpha value is -5.91. The van der Waals surface area contributed by atoms with Gasteiger partial charge in [-0.3, -0.25) is 14.3 Å². The van der Waals surface area contributed by atoms with Crippen molar-refractivity contribution in [2.45, 2.75) is 25.0 Å². The summed E-state index contributed by atoms with van der Waals surface area (Å²) in [5.74, 6) is -5.08. The molecule has 17 heteroatoms. The van der Waals surface area contributed by atoms with Crippen molar-refractivity contribution in [3.63, 3.8) is 0 Å². The maximum Gasteiger partial charge on any atom is 0.336 e. The van der Waals surface area contributed by atoms with Crippen LogP contribution in [0.4, 0.5) is 26.4 Å². The molecule has 0 aliphatic rings. The largest absolute Gasteiger partial charge is 0.481 e. The maximum atomic E-state index is 13.5. The maximum absolute atomic E-state index is 13.5. The number of aliphatic carboxylic acids is 3. The van der Waals surface area contributed by atoms with E-state index in [0.717, 1.165) is 32.3 Å². The van der Waals surface area contributed by atoms with Gasteiger partial charge in [0.15, 0.2) is 5.60 Å². The minimum atomic E-state index is -2.74. The van der Waals surface area contributed by atoms with Crippen LogP contribution in [0.15, 0.2) is 72.5 Å². The molecule has 0 fully saturated rings. The summed E-state index contributed by atoms with van der Waals surface area (Å²) in [6.07, 6.45) is 3.01. The summed E-state index contributed by atoms with van der Waals surface area (Å²) < 4.78 is 16.1. The number of carbonyl (C=O) groups excluding carboxylic acids is 1. The summed E-state index contributed by atoms with van der Waals surface area (Å²) in [6.45, 7) is 0.397. The molecule has 0 unspecified atom stereocenters. The van der Waals surface area contributed by atoms with Crippen LogP contribution >= 0.6 is 11.3 Å². The number of anilines is 3. The number of thiophene rings is 1. The third kappa shape index (κ3) is 8.46. The van der Waals surface area contributed by atoms with E-state index >= 15 is 0 Å². The molecule has 48 heavy (non-hydrogen) atoms. The summed E-state index contributed by atoms with van der Waals surface area (Å²) in [4.78, 5) is 47.5. The molecule has 2 aromatic carbocycles. The van der Waals surface area contributed by atoms with E-state index in [4.69, 9.17) is 26.2 Å². The topological polar surface area (TPSA) is 250 Å². The minimum absolute atomic E-state index is 0.00373. The molecule has 3 heterocycles. The number of halogens is 1. The fourth-order valence-corrected chi connectivity index (χ4v) is 5.70. The molecule has 0 radical (unpaired) electrons. The lowest BCUT2D eigenvalue weighted by atomic mass is 9.96. The van der Waals surface area contributed by atoms with Crippen LogP contribution < -0.4 is 16.4 Å². The number of hydrogen-bond donors (Lipinski definition) is 8. The zero-order chi connectivity index (χ0) is 35.0. The van der Waals surface area contributed by atoms with Crippen molar-refractivity contribution in [1.82, 2.24) is 14.8 Å². The number of aromatic nitrogens is 3. The normalized spacial score (nSPS) is 11.0. The molecule has 0 aliphatic carbocycles. The van der Waals surface area contributed by atoms with Gasteiger partial charge in [-0.15, -0.1) is 11.3 Å². The number of nitrogens with zero attached hydrogens (tertiary/aromatic N) is 3. The van der Waals surface area contributed by atoms with Gasteiger partial charge in [0.05, 0.1) is 37.9 Å². The van der Waals surface area contributed by atoms with E-state index < -0.39 is 48.2 Å². The number of benzene rings is 2. The number of pyridine rings is 1. The van der Waals surface area contributed by atoms with Gasteiger partial charge in [0.2, 0.25) is 0 Å². The Labute approximate surface area is 274 Å². The van der Waals surface area contributed by atoms with Crippen LogP contribution in [0.2, 0.25) is 0 Å². The monoisotopic (exact) mass is 680 g/mol. The Kier molecular flexibility index (Phi) is 11.0. The van der Waals surface area contributed by atoms with Crippen LogP contribution in [0.25, 0.3) is 32.3 Å². The SMILES string of the molecule is Nc1ncc(-c2cnn(CCO)c2)c2scc(-c3ccccc3NC(=O)Nc3cccc(F)c3)c12.O=C(O)CC(O)(CC(=O)O)C(=O)O. The van der Waals surface area contributed by atoms with E-state index in [1.54, 1.807) is 29.2 Å². The summed E-state index contributed by atoms with van der Waals surface area (Å²) >= 11 is 1.52. The molecule has 0 spiro atoms. The second kappa shape index (κ2) is 15.1. The molecule has 0 aliphatic heterocycles. The highest BCUT2D eigenvalue weighted by atomic mass is 32.1. The molecule has 250 valence electrons. The van der Waals surface area contributed by atoms with Crippen molar-refractivity contribution in [2.24, 2.45) is 0 Å². The molecule has 2 amide bonds. The van der Waals surface area contributed by atoms with Gasteiger partial charge < -0.3 is 41.9 Å². The van der Waals surface area contributed by atoms with Crippen molar-refractivity contribution in [3.8, 4) is 22.3 Å². The molecule has 15 nitrogen and oxygen atoms in total. The van der Waals surface area contributed by atoms with Crippen molar-refractivity contribution in [2.75, 3.05) is 23.0 Å². The van der Waals surface area contributed by atoms with E-state index in [-0.39, 0.29) is 6.61 Å². The number of carboxylic acids is 3. The standard InChI is InChI=1S/C25H21FN6O2S.C6H8O7/c26-16-4-3-5-17(10-16)30-25(34)31-21-7-2-1-6-18(21)20-14-35-23-19(12-28-24(27)22(20)23)15-11-29-32(13-15)8-9-33;7-3(8)1-6(13,5(11)12)2-4(9)10/h1-7,10-14,33H,8-9H2,(H2,27,28)(H2,30,31,34);13H,1-2H2,(H,7,8)(H,9,10)(H,11,12). The van der Waals surface area contributed by atoms with Gasteiger partial charge in [0, 0.05) is 55.8 Å². The first kappa shape index (κ1) is 35.0. The zero-order valence-corrected chi connectivity index (χ0v) is 25.6. The number of nitrogens with one attached hydrogen (secondary N) is 2. The molecular weight excluding hydrogens is 651 g/mol. The molecule has 0 saturated heterocycles. The lowest BCUT2D eigenvalue weighted by Gasteiger charge is -2.18. The number of urea groups is 1. The van der Waals surface area contributed by atoms with Gasteiger partial charge in [-0.25, -0.2) is 19.0 Å². The van der Waals surface area contributed by atoms with Crippen LogP contribution in [0.5, 0.6) is 0 Å². The number of aliphatic hydroxyl groups is 2. The Balaban J connectivity index is 0.000000341. The van der Waals surface area contributed by atoms with Crippen molar-refractivity contribution in [3.05, 3.63) is 78.3 Å². The number of nitrogen functional groups attached to an aromatic ring is 1. The van der Waals surface area contributed by atoms with Crippen LogP contribution in [-0.2, 0) is 20.9 Å². The number of hydrogen-bond acceptors (Lipinski definition) is 10. The molecule has 5 aromatic rings. The number of aliphatic hydroxyl groups excluding tert-OH is 1. The van der Waals surface area contributed by atoms with Crippen molar-refractivity contribution < 1.29 is 49.1 Å². The number of carboxylic acid groups (broad SMARTS) is 3. The van der Waals surface area contributed by atoms with Crippen LogP contribution in [0.3, 0.4) is 0 Å². The molecule has 3 aromatic heterocycles. The second-order valence-electron chi connectivity index (χ2n) is 10.2. The molecule has 5 rings (SSSR count). The third-order valence-corrected chi connectivity index (χ3v) is 7.74. The third-order valence-electron chi connectivity index (χ3n) is 6.73. The smallest absolute Gasteiger partial charge is 0.336 e. The quantitative estimate of drug-likeness (QED) is 0.0988. The highest BCUT2D eigenvalue weighted by molar-refractivity contribution is 7.18. The highest BCUT2D eigenvalue weighted by Crippen LogP contribution is 2.43. The van der Waals surface area contributed by atoms with Gasteiger partial charge >= 0.3 is 23.9 Å². The van der Waals surface area contributed by atoms with Crippen LogP contribution in [0.1, 0.15) is 12.8 Å². The lowest BCUT2D eigenvalue weighted by molar-refractivity contribution is -0.170. The van der Waals surface area contributed by atoms with E-state index in [9.17, 15) is 28.7 Å². The molecular formula is C31H29FN6O9S. The Bertz CT molecular complexity index is 1960.